The van der Waals surface area contributed by atoms with Crippen LogP contribution in [0.2, 0.25) is 0 Å². The highest BCUT2D eigenvalue weighted by molar-refractivity contribution is 5.95. The van der Waals surface area contributed by atoms with Crippen LogP contribution in [0.15, 0.2) is 41.3 Å². The molecule has 2 heterocycles. The zero-order valence-corrected chi connectivity index (χ0v) is 22.9. The maximum absolute atomic E-state index is 14.8. The molecule has 39 heavy (non-hydrogen) atoms. The maximum Gasteiger partial charge on any atom is 0.410 e. The summed E-state index contributed by atoms with van der Waals surface area (Å²) in [5.41, 5.74) is -0.243. The van der Waals surface area contributed by atoms with Gasteiger partial charge in [-0.05, 0) is 76.8 Å². The molecule has 4 rings (SSSR count). The highest BCUT2D eigenvalue weighted by atomic mass is 19.1. The molecule has 0 bridgehead atoms. The fraction of sp³-hybridized carbons (Fsp3) is 0.414. The summed E-state index contributed by atoms with van der Waals surface area (Å²) in [5, 5.41) is 9.79. The molecule has 3 aromatic rings. The van der Waals surface area contributed by atoms with Crippen LogP contribution >= 0.6 is 0 Å². The van der Waals surface area contributed by atoms with Crippen LogP contribution in [0.3, 0.4) is 0 Å². The predicted molar refractivity (Wildman–Crippen MR) is 145 cm³/mol. The Morgan fingerprint density at radius 1 is 1.18 bits per heavy atom. The second-order valence-electron chi connectivity index (χ2n) is 11.1. The second kappa shape index (κ2) is 10.3. The first-order chi connectivity index (χ1) is 18.2. The summed E-state index contributed by atoms with van der Waals surface area (Å²) in [6.45, 7) is 10.5. The number of rotatable bonds is 5. The van der Waals surface area contributed by atoms with Gasteiger partial charge < -0.3 is 24.2 Å². The van der Waals surface area contributed by atoms with Gasteiger partial charge in [-0.2, -0.15) is 0 Å². The summed E-state index contributed by atoms with van der Waals surface area (Å²) in [6.07, 6.45) is 1.49. The van der Waals surface area contributed by atoms with Gasteiger partial charge in [0.15, 0.2) is 0 Å². The number of hydrogen-bond donors (Lipinski definition) is 1. The van der Waals surface area contributed by atoms with Crippen LogP contribution in [-0.2, 0) is 4.74 Å². The van der Waals surface area contributed by atoms with E-state index in [0.29, 0.717) is 30.2 Å². The first kappa shape index (κ1) is 28.1. The molecule has 0 radical (unpaired) electrons. The van der Waals surface area contributed by atoms with Gasteiger partial charge in [-0.15, -0.1) is 0 Å². The van der Waals surface area contributed by atoms with Crippen LogP contribution in [-0.4, -0.2) is 58.4 Å². The molecule has 0 aliphatic carbocycles. The summed E-state index contributed by atoms with van der Waals surface area (Å²) < 4.78 is 35.3. The van der Waals surface area contributed by atoms with Crippen molar-refractivity contribution in [3.8, 4) is 5.69 Å². The van der Waals surface area contributed by atoms with Gasteiger partial charge in [-0.25, -0.2) is 18.4 Å². The molecule has 1 aliphatic heterocycles. The average Bonchev–Trinajstić information content (AvgIpc) is 3.32. The maximum atomic E-state index is 14.8. The fourth-order valence-electron chi connectivity index (χ4n) is 5.07. The van der Waals surface area contributed by atoms with Gasteiger partial charge in [0.1, 0.15) is 22.8 Å². The van der Waals surface area contributed by atoms with Gasteiger partial charge in [0.25, 0.3) is 0 Å². The van der Waals surface area contributed by atoms with Crippen molar-refractivity contribution in [2.75, 3.05) is 25.0 Å². The molecule has 2 aromatic carbocycles. The van der Waals surface area contributed by atoms with E-state index < -0.39 is 40.3 Å². The number of pyridine rings is 1. The van der Waals surface area contributed by atoms with Crippen molar-refractivity contribution in [1.29, 1.82) is 0 Å². The number of carboxylic acid groups (broad SMARTS) is 1. The van der Waals surface area contributed by atoms with Gasteiger partial charge in [0, 0.05) is 49.5 Å². The van der Waals surface area contributed by atoms with E-state index in [1.807, 2.05) is 33.8 Å². The molecule has 1 aromatic heterocycles. The van der Waals surface area contributed by atoms with Crippen molar-refractivity contribution >= 4 is 28.7 Å². The Kier molecular flexibility index (Phi) is 7.42. The van der Waals surface area contributed by atoms with E-state index in [9.17, 15) is 28.3 Å². The number of aromatic nitrogens is 1. The van der Waals surface area contributed by atoms with E-state index in [-0.39, 0.29) is 23.0 Å². The van der Waals surface area contributed by atoms with E-state index in [1.54, 1.807) is 24.9 Å². The monoisotopic (exact) mass is 541 g/mol. The zero-order chi connectivity index (χ0) is 28.8. The van der Waals surface area contributed by atoms with Crippen LogP contribution in [0.4, 0.5) is 19.3 Å². The molecular weight excluding hydrogens is 508 g/mol. The summed E-state index contributed by atoms with van der Waals surface area (Å²) in [4.78, 5) is 41.3. The van der Waals surface area contributed by atoms with E-state index in [4.69, 9.17) is 4.74 Å². The Morgan fingerprint density at radius 3 is 2.49 bits per heavy atom. The molecule has 2 atom stereocenters. The topological polar surface area (TPSA) is 92.1 Å². The highest BCUT2D eigenvalue weighted by Crippen LogP contribution is 2.32. The second-order valence-corrected chi connectivity index (χ2v) is 11.1. The molecule has 1 aliphatic rings. The molecule has 0 saturated carbocycles. The SMILES string of the molecule is Cc1cc(N2CC[C@@H]([C@@H](C)N(C)C(=O)OC(C)(C)C)C2)cc2c1c(=O)c(C(=O)O)cn2-c1ccc(F)cc1F. The molecule has 8 nitrogen and oxygen atoms in total. The lowest BCUT2D eigenvalue weighted by Gasteiger charge is -2.32. The number of hydrogen-bond acceptors (Lipinski definition) is 5. The lowest BCUT2D eigenvalue weighted by atomic mass is 9.99. The molecule has 0 spiro atoms. The summed E-state index contributed by atoms with van der Waals surface area (Å²) in [7, 11) is 1.72. The van der Waals surface area contributed by atoms with E-state index in [1.165, 1.54) is 10.6 Å². The number of aromatic carboxylic acids is 1. The van der Waals surface area contributed by atoms with E-state index >= 15 is 0 Å². The molecule has 208 valence electrons. The van der Waals surface area contributed by atoms with Gasteiger partial charge in [0.2, 0.25) is 5.43 Å². The molecule has 1 saturated heterocycles. The first-order valence-corrected chi connectivity index (χ1v) is 12.8. The first-order valence-electron chi connectivity index (χ1n) is 12.8. The van der Waals surface area contributed by atoms with E-state index in [2.05, 4.69) is 4.90 Å². The standard InChI is InChI=1S/C29H33F2N3O5/c1-16-11-20(33-10-9-18(14-33)17(2)32(6)28(38)39-29(3,4)5)13-24-25(16)26(35)21(27(36)37)15-34(24)23-8-7-19(30)12-22(23)31/h7-8,11-13,15,17-18H,9-10,14H2,1-6H3,(H,36,37)/t17-,18-/m1/s1. The Labute approximate surface area is 225 Å². The Bertz CT molecular complexity index is 1510. The van der Waals surface area contributed by atoms with Crippen molar-refractivity contribution in [2.24, 2.45) is 5.92 Å². The smallest absolute Gasteiger partial charge is 0.410 e. The van der Waals surface area contributed by atoms with Crippen molar-refractivity contribution in [3.05, 3.63) is 69.5 Å². The number of carbonyl (C=O) groups is 2. The van der Waals surface area contributed by atoms with Gasteiger partial charge in [-0.3, -0.25) is 4.79 Å². The molecule has 1 fully saturated rings. The quantitative estimate of drug-likeness (QED) is 0.468. The number of aryl methyl sites for hydroxylation is 1. The third-order valence-corrected chi connectivity index (χ3v) is 7.25. The van der Waals surface area contributed by atoms with Crippen molar-refractivity contribution in [3.63, 3.8) is 0 Å². The van der Waals surface area contributed by atoms with Crippen molar-refractivity contribution in [1.82, 2.24) is 9.47 Å². The number of ether oxygens (including phenoxy) is 1. The lowest BCUT2D eigenvalue weighted by Crippen LogP contribution is -2.43. The third-order valence-electron chi connectivity index (χ3n) is 7.25. The lowest BCUT2D eigenvalue weighted by molar-refractivity contribution is 0.0192. The number of carboxylic acids is 1. The number of nitrogens with zero attached hydrogens (tertiary/aromatic N) is 3. The molecule has 1 N–H and O–H groups in total. The zero-order valence-electron chi connectivity index (χ0n) is 22.9. The molecule has 1 amide bonds. The number of benzene rings is 2. The fourth-order valence-corrected chi connectivity index (χ4v) is 5.07. The number of anilines is 1. The third kappa shape index (κ3) is 5.60. The Balaban J connectivity index is 1.74. The number of amides is 1. The summed E-state index contributed by atoms with van der Waals surface area (Å²) in [6, 6.07) is 6.43. The van der Waals surface area contributed by atoms with Crippen molar-refractivity contribution in [2.45, 2.75) is 52.7 Å². The normalized spacial score (nSPS) is 16.4. The van der Waals surface area contributed by atoms with Crippen LogP contribution < -0.4 is 10.3 Å². The minimum Gasteiger partial charge on any atom is -0.477 e. The van der Waals surface area contributed by atoms with Crippen LogP contribution in [0.1, 0.15) is 50.0 Å². The Morgan fingerprint density at radius 2 is 1.87 bits per heavy atom. The van der Waals surface area contributed by atoms with Gasteiger partial charge >= 0.3 is 12.1 Å². The van der Waals surface area contributed by atoms with Gasteiger partial charge in [-0.1, -0.05) is 0 Å². The van der Waals surface area contributed by atoms with Crippen molar-refractivity contribution < 1.29 is 28.2 Å². The van der Waals surface area contributed by atoms with Crippen LogP contribution in [0, 0.1) is 24.5 Å². The predicted octanol–water partition coefficient (Wildman–Crippen LogP) is 5.36. The number of carbonyl (C=O) groups excluding carboxylic acids is 1. The number of halogens is 2. The number of fused-ring (bicyclic) bond motifs is 1. The molecular formula is C29H33F2N3O5. The Hall–Kier alpha value is -3.95. The van der Waals surface area contributed by atoms with Crippen LogP contribution in [0.25, 0.3) is 16.6 Å². The average molecular weight is 542 g/mol. The minimum absolute atomic E-state index is 0.0765. The summed E-state index contributed by atoms with van der Waals surface area (Å²) in [5.74, 6) is -2.96. The summed E-state index contributed by atoms with van der Waals surface area (Å²) >= 11 is 0. The minimum atomic E-state index is -1.44. The van der Waals surface area contributed by atoms with Crippen LogP contribution in [0.5, 0.6) is 0 Å². The molecule has 0 unspecified atom stereocenters. The largest absolute Gasteiger partial charge is 0.477 e. The van der Waals surface area contributed by atoms with Gasteiger partial charge in [0.05, 0.1) is 11.2 Å². The van der Waals surface area contributed by atoms with E-state index in [0.717, 1.165) is 24.4 Å². The highest BCUT2D eigenvalue weighted by Gasteiger charge is 2.33. The molecule has 10 heteroatoms.